The molecule has 0 heterocycles. The highest BCUT2D eigenvalue weighted by Gasteiger charge is 2.23. The first-order chi connectivity index (χ1) is 6.63. The van der Waals surface area contributed by atoms with E-state index in [1.54, 1.807) is 0 Å². The highest BCUT2D eigenvalue weighted by molar-refractivity contribution is 4.78. The average Bonchev–Trinajstić information content (AvgIpc) is 2.17. The molecule has 84 valence electrons. The SMILES string of the molecule is CCN(C)[C@H]1CC[C@H](CC(C)C)CC1. The maximum atomic E-state index is 2.52. The van der Waals surface area contributed by atoms with Crippen molar-refractivity contribution in [2.75, 3.05) is 13.6 Å². The van der Waals surface area contributed by atoms with Crippen molar-refractivity contribution in [3.05, 3.63) is 0 Å². The van der Waals surface area contributed by atoms with Crippen molar-refractivity contribution >= 4 is 0 Å². The molecule has 1 aliphatic rings. The summed E-state index contributed by atoms with van der Waals surface area (Å²) in [5.74, 6) is 1.91. The minimum absolute atomic E-state index is 0.878. The van der Waals surface area contributed by atoms with Crippen LogP contribution in [0.2, 0.25) is 0 Å². The van der Waals surface area contributed by atoms with Gasteiger partial charge in [0.25, 0.3) is 0 Å². The monoisotopic (exact) mass is 197 g/mol. The first kappa shape index (κ1) is 12.0. The Hall–Kier alpha value is -0.0400. The molecule has 1 fully saturated rings. The smallest absolute Gasteiger partial charge is 0.00923 e. The lowest BCUT2D eigenvalue weighted by Gasteiger charge is -2.34. The summed E-state index contributed by atoms with van der Waals surface area (Å²) in [5, 5.41) is 0. The van der Waals surface area contributed by atoms with Gasteiger partial charge in [-0.2, -0.15) is 0 Å². The molecule has 14 heavy (non-hydrogen) atoms. The molecule has 0 aliphatic heterocycles. The maximum absolute atomic E-state index is 2.52. The standard InChI is InChI=1S/C13H27N/c1-5-14(4)13-8-6-12(7-9-13)10-11(2)3/h11-13H,5-10H2,1-4H3/t12-,13-. The van der Waals surface area contributed by atoms with E-state index in [2.05, 4.69) is 32.7 Å². The Morgan fingerprint density at radius 2 is 1.71 bits per heavy atom. The highest BCUT2D eigenvalue weighted by atomic mass is 15.1. The molecule has 0 atom stereocenters. The van der Waals surface area contributed by atoms with Gasteiger partial charge in [-0.1, -0.05) is 20.8 Å². The van der Waals surface area contributed by atoms with Crippen LogP contribution >= 0.6 is 0 Å². The maximum Gasteiger partial charge on any atom is 0.00923 e. The molecular weight excluding hydrogens is 170 g/mol. The zero-order chi connectivity index (χ0) is 10.6. The van der Waals surface area contributed by atoms with Gasteiger partial charge in [0.15, 0.2) is 0 Å². The van der Waals surface area contributed by atoms with Gasteiger partial charge in [-0.25, -0.2) is 0 Å². The summed E-state index contributed by atoms with van der Waals surface area (Å²) >= 11 is 0. The normalized spacial score (nSPS) is 28.7. The summed E-state index contributed by atoms with van der Waals surface area (Å²) in [6, 6.07) is 0.878. The summed E-state index contributed by atoms with van der Waals surface area (Å²) in [5.41, 5.74) is 0. The van der Waals surface area contributed by atoms with Crippen molar-refractivity contribution in [2.24, 2.45) is 11.8 Å². The van der Waals surface area contributed by atoms with E-state index < -0.39 is 0 Å². The molecular formula is C13H27N. The summed E-state index contributed by atoms with van der Waals surface area (Å²) in [7, 11) is 2.27. The minimum Gasteiger partial charge on any atom is -0.304 e. The second kappa shape index (κ2) is 5.75. The van der Waals surface area contributed by atoms with Crippen molar-refractivity contribution in [1.29, 1.82) is 0 Å². The van der Waals surface area contributed by atoms with E-state index in [1.165, 1.54) is 38.6 Å². The Balaban J connectivity index is 2.24. The summed E-state index contributed by atoms with van der Waals surface area (Å²) in [6.45, 7) is 8.17. The van der Waals surface area contributed by atoms with Crippen LogP contribution in [0.15, 0.2) is 0 Å². The van der Waals surface area contributed by atoms with Crippen LogP contribution in [0.25, 0.3) is 0 Å². The van der Waals surface area contributed by atoms with Crippen LogP contribution in [-0.4, -0.2) is 24.5 Å². The van der Waals surface area contributed by atoms with Crippen LogP contribution in [0.3, 0.4) is 0 Å². The fourth-order valence-electron chi connectivity index (χ4n) is 2.75. The first-order valence-electron chi connectivity index (χ1n) is 6.33. The molecule has 1 saturated carbocycles. The summed E-state index contributed by atoms with van der Waals surface area (Å²) in [6.07, 6.45) is 7.24. The molecule has 1 nitrogen and oxygen atoms in total. The third-order valence-corrected chi connectivity index (χ3v) is 3.74. The van der Waals surface area contributed by atoms with Crippen LogP contribution in [0.4, 0.5) is 0 Å². The van der Waals surface area contributed by atoms with Gasteiger partial charge >= 0.3 is 0 Å². The van der Waals surface area contributed by atoms with Gasteiger partial charge in [-0.05, 0) is 57.5 Å². The first-order valence-corrected chi connectivity index (χ1v) is 6.33. The van der Waals surface area contributed by atoms with Gasteiger partial charge in [-0.3, -0.25) is 0 Å². The molecule has 1 rings (SSSR count). The molecule has 0 N–H and O–H groups in total. The van der Waals surface area contributed by atoms with E-state index in [0.29, 0.717) is 0 Å². The van der Waals surface area contributed by atoms with Gasteiger partial charge in [-0.15, -0.1) is 0 Å². The topological polar surface area (TPSA) is 3.24 Å². The predicted molar refractivity (Wildman–Crippen MR) is 63.5 cm³/mol. The van der Waals surface area contributed by atoms with E-state index in [1.807, 2.05) is 0 Å². The molecule has 0 radical (unpaired) electrons. The average molecular weight is 197 g/mol. The van der Waals surface area contributed by atoms with Crippen molar-refractivity contribution in [3.63, 3.8) is 0 Å². The number of rotatable bonds is 4. The lowest BCUT2D eigenvalue weighted by Crippen LogP contribution is -2.35. The summed E-state index contributed by atoms with van der Waals surface area (Å²) in [4.78, 5) is 2.52. The fraction of sp³-hybridized carbons (Fsp3) is 1.00. The summed E-state index contributed by atoms with van der Waals surface area (Å²) < 4.78 is 0. The number of nitrogens with zero attached hydrogens (tertiary/aromatic N) is 1. The van der Waals surface area contributed by atoms with Crippen LogP contribution in [0.5, 0.6) is 0 Å². The lowest BCUT2D eigenvalue weighted by atomic mass is 9.81. The minimum atomic E-state index is 0.878. The van der Waals surface area contributed by atoms with Crippen molar-refractivity contribution in [2.45, 2.75) is 58.9 Å². The van der Waals surface area contributed by atoms with Crippen LogP contribution in [0.1, 0.15) is 52.9 Å². The quantitative estimate of drug-likeness (QED) is 0.666. The zero-order valence-corrected chi connectivity index (χ0v) is 10.4. The molecule has 1 aliphatic carbocycles. The predicted octanol–water partition coefficient (Wildman–Crippen LogP) is 3.54. The van der Waals surface area contributed by atoms with E-state index >= 15 is 0 Å². The van der Waals surface area contributed by atoms with Crippen LogP contribution < -0.4 is 0 Å². The van der Waals surface area contributed by atoms with E-state index in [9.17, 15) is 0 Å². The third-order valence-electron chi connectivity index (χ3n) is 3.74. The Kier molecular flexibility index (Phi) is 4.94. The van der Waals surface area contributed by atoms with Crippen molar-refractivity contribution < 1.29 is 0 Å². The van der Waals surface area contributed by atoms with E-state index in [0.717, 1.165) is 17.9 Å². The number of hydrogen-bond donors (Lipinski definition) is 0. The largest absolute Gasteiger partial charge is 0.304 e. The van der Waals surface area contributed by atoms with Crippen LogP contribution in [0, 0.1) is 11.8 Å². The molecule has 0 aromatic carbocycles. The molecule has 0 saturated heterocycles. The second-order valence-electron chi connectivity index (χ2n) is 5.38. The lowest BCUT2D eigenvalue weighted by molar-refractivity contribution is 0.162. The van der Waals surface area contributed by atoms with Crippen molar-refractivity contribution in [3.8, 4) is 0 Å². The second-order valence-corrected chi connectivity index (χ2v) is 5.38. The molecule has 0 bridgehead atoms. The Bertz CT molecular complexity index is 145. The molecule has 0 aromatic rings. The van der Waals surface area contributed by atoms with Gasteiger partial charge in [0.05, 0.1) is 0 Å². The van der Waals surface area contributed by atoms with Gasteiger partial charge in [0.2, 0.25) is 0 Å². The van der Waals surface area contributed by atoms with Gasteiger partial charge < -0.3 is 4.90 Å². The van der Waals surface area contributed by atoms with Gasteiger partial charge in [0, 0.05) is 6.04 Å². The zero-order valence-electron chi connectivity index (χ0n) is 10.4. The Morgan fingerprint density at radius 1 is 1.14 bits per heavy atom. The van der Waals surface area contributed by atoms with E-state index in [-0.39, 0.29) is 0 Å². The molecule has 0 aromatic heterocycles. The fourth-order valence-corrected chi connectivity index (χ4v) is 2.75. The van der Waals surface area contributed by atoms with Crippen molar-refractivity contribution in [1.82, 2.24) is 4.90 Å². The Morgan fingerprint density at radius 3 is 2.14 bits per heavy atom. The van der Waals surface area contributed by atoms with E-state index in [4.69, 9.17) is 0 Å². The molecule has 0 unspecified atom stereocenters. The highest BCUT2D eigenvalue weighted by Crippen LogP contribution is 2.30. The van der Waals surface area contributed by atoms with Crippen LogP contribution in [-0.2, 0) is 0 Å². The Labute approximate surface area is 89.9 Å². The molecule has 0 amide bonds. The molecule has 0 spiro atoms. The third kappa shape index (κ3) is 3.61. The van der Waals surface area contributed by atoms with Gasteiger partial charge in [0.1, 0.15) is 0 Å². The molecule has 1 heteroatoms. The number of hydrogen-bond acceptors (Lipinski definition) is 1.